The molecular weight excluding hydrogens is 400 g/mol. The average molecular weight is 431 g/mol. The number of aliphatic hydroxyl groups excluding tert-OH is 1. The smallest absolute Gasteiger partial charge is 0.120 e. The number of pyridine rings is 1. The van der Waals surface area contributed by atoms with E-state index in [1.54, 1.807) is 13.3 Å². The largest absolute Gasteiger partial charge is 0.497 e. The van der Waals surface area contributed by atoms with Crippen LogP contribution in [0.3, 0.4) is 0 Å². The summed E-state index contributed by atoms with van der Waals surface area (Å²) in [4.78, 5) is 7.70. The van der Waals surface area contributed by atoms with Crippen LogP contribution in [-0.2, 0) is 12.8 Å². The zero-order valence-electron chi connectivity index (χ0n) is 18.6. The van der Waals surface area contributed by atoms with Gasteiger partial charge in [0.1, 0.15) is 5.75 Å². The van der Waals surface area contributed by atoms with Crippen LogP contribution in [0.2, 0.25) is 0 Å². The second-order valence-corrected chi connectivity index (χ2v) is 8.92. The number of ether oxygens (including phenoxy) is 1. The molecule has 2 aromatic heterocycles. The van der Waals surface area contributed by atoms with Gasteiger partial charge in [0.05, 0.1) is 18.9 Å². The lowest BCUT2D eigenvalue weighted by Crippen LogP contribution is -2.42. The van der Waals surface area contributed by atoms with Gasteiger partial charge in [0.25, 0.3) is 0 Å². The van der Waals surface area contributed by atoms with E-state index in [0.717, 1.165) is 66.1 Å². The predicted octanol–water partition coefficient (Wildman–Crippen LogP) is 4.40. The number of benzene rings is 1. The summed E-state index contributed by atoms with van der Waals surface area (Å²) in [6.45, 7) is 3.13. The molecule has 2 aliphatic rings. The van der Waals surface area contributed by atoms with Gasteiger partial charge in [-0.15, -0.1) is 0 Å². The van der Waals surface area contributed by atoms with Crippen molar-refractivity contribution in [3.05, 3.63) is 77.4 Å². The van der Waals surface area contributed by atoms with E-state index < -0.39 is 6.10 Å². The third-order valence-electron chi connectivity index (χ3n) is 6.63. The molecule has 0 spiro atoms. The molecule has 166 valence electrons. The monoisotopic (exact) mass is 430 g/mol. The molecule has 0 saturated heterocycles. The molecule has 0 saturated carbocycles. The molecule has 5 rings (SSSR count). The van der Waals surface area contributed by atoms with Gasteiger partial charge in [-0.1, -0.05) is 12.2 Å². The van der Waals surface area contributed by atoms with Gasteiger partial charge in [-0.05, 0) is 68.0 Å². The Balaban J connectivity index is 1.18. The standard InChI is InChI=1S/C26H30N4O2/c1-26(29-14-9-17-16-28-23-15-19(32-2)3-4-20(17)23)11-7-18(8-12-26)30-22-10-13-27-25-21(22)5-6-24(25)31/h3-4,7-8,10-11,13,15-16,24,28-29,31H,5-6,9,12,14H2,1-2H3,(H,27,30). The number of allylic oxidation sites excluding steroid dienone is 1. The first-order valence-electron chi connectivity index (χ1n) is 11.3. The van der Waals surface area contributed by atoms with Crippen molar-refractivity contribution in [3.8, 4) is 5.75 Å². The Morgan fingerprint density at radius 3 is 3.03 bits per heavy atom. The summed E-state index contributed by atoms with van der Waals surface area (Å²) in [5, 5.41) is 18.6. The first-order valence-corrected chi connectivity index (χ1v) is 11.3. The van der Waals surface area contributed by atoms with E-state index in [0.29, 0.717) is 0 Å². The lowest BCUT2D eigenvalue weighted by molar-refractivity contribution is 0.176. The minimum Gasteiger partial charge on any atom is -0.497 e. The van der Waals surface area contributed by atoms with Crippen LogP contribution in [0.15, 0.2) is 60.6 Å². The van der Waals surface area contributed by atoms with Gasteiger partial charge in [-0.25, -0.2) is 0 Å². The Hall–Kier alpha value is -3.09. The molecule has 4 N–H and O–H groups in total. The SMILES string of the molecule is COc1ccc2c(CCNC3(C)C=CC(Nc4ccnc5c4CCC5O)=CC3)c[nH]c2c1. The van der Waals surface area contributed by atoms with Crippen molar-refractivity contribution in [3.63, 3.8) is 0 Å². The number of aliphatic hydroxyl groups is 1. The van der Waals surface area contributed by atoms with E-state index in [1.807, 2.05) is 18.2 Å². The lowest BCUT2D eigenvalue weighted by atomic mass is 9.92. The van der Waals surface area contributed by atoms with E-state index in [1.165, 1.54) is 10.9 Å². The zero-order chi connectivity index (χ0) is 22.1. The molecular formula is C26H30N4O2. The van der Waals surface area contributed by atoms with Gasteiger partial charge in [0, 0.05) is 52.8 Å². The van der Waals surface area contributed by atoms with Crippen LogP contribution in [0, 0.1) is 0 Å². The van der Waals surface area contributed by atoms with Crippen LogP contribution >= 0.6 is 0 Å². The highest BCUT2D eigenvalue weighted by Crippen LogP contribution is 2.35. The summed E-state index contributed by atoms with van der Waals surface area (Å²) in [6, 6.07) is 8.16. The highest BCUT2D eigenvalue weighted by Gasteiger charge is 2.25. The van der Waals surface area contributed by atoms with Gasteiger partial charge in [0.15, 0.2) is 0 Å². The fraction of sp³-hybridized carbons (Fsp3) is 0.346. The first-order chi connectivity index (χ1) is 15.5. The summed E-state index contributed by atoms with van der Waals surface area (Å²) in [7, 11) is 1.69. The summed E-state index contributed by atoms with van der Waals surface area (Å²) >= 11 is 0. The average Bonchev–Trinajstić information content (AvgIpc) is 3.39. The Morgan fingerprint density at radius 2 is 2.22 bits per heavy atom. The number of rotatable bonds is 7. The summed E-state index contributed by atoms with van der Waals surface area (Å²) in [6.07, 6.45) is 13.5. The number of methoxy groups -OCH3 is 1. The van der Waals surface area contributed by atoms with Crippen LogP contribution < -0.4 is 15.4 Å². The number of anilines is 1. The van der Waals surface area contributed by atoms with Crippen molar-refractivity contribution >= 4 is 16.6 Å². The third-order valence-corrected chi connectivity index (χ3v) is 6.63. The Morgan fingerprint density at radius 1 is 1.31 bits per heavy atom. The van der Waals surface area contributed by atoms with Crippen molar-refractivity contribution in [2.75, 3.05) is 19.0 Å². The second kappa shape index (κ2) is 8.45. The van der Waals surface area contributed by atoms with Gasteiger partial charge < -0.3 is 25.5 Å². The number of hydrogen-bond donors (Lipinski definition) is 4. The maximum atomic E-state index is 10.1. The fourth-order valence-electron chi connectivity index (χ4n) is 4.69. The van der Waals surface area contributed by atoms with Crippen molar-refractivity contribution in [2.45, 2.75) is 44.2 Å². The molecule has 0 aliphatic heterocycles. The van der Waals surface area contributed by atoms with E-state index in [4.69, 9.17) is 4.74 Å². The number of nitrogens with zero attached hydrogens (tertiary/aromatic N) is 1. The van der Waals surface area contributed by atoms with Crippen LogP contribution in [0.1, 0.15) is 42.7 Å². The van der Waals surface area contributed by atoms with Crippen molar-refractivity contribution in [2.24, 2.45) is 0 Å². The van der Waals surface area contributed by atoms with E-state index >= 15 is 0 Å². The van der Waals surface area contributed by atoms with Gasteiger partial charge in [-0.2, -0.15) is 0 Å². The second-order valence-electron chi connectivity index (χ2n) is 8.92. The number of fused-ring (bicyclic) bond motifs is 2. The summed E-state index contributed by atoms with van der Waals surface area (Å²) in [5.41, 5.74) is 6.44. The number of hydrogen-bond acceptors (Lipinski definition) is 5. The number of nitrogens with one attached hydrogen (secondary N) is 3. The molecule has 32 heavy (non-hydrogen) atoms. The predicted molar refractivity (Wildman–Crippen MR) is 128 cm³/mol. The van der Waals surface area contributed by atoms with E-state index in [-0.39, 0.29) is 5.54 Å². The Kier molecular flexibility index (Phi) is 5.49. The van der Waals surface area contributed by atoms with Gasteiger partial charge >= 0.3 is 0 Å². The molecule has 2 aliphatic carbocycles. The third kappa shape index (κ3) is 4.04. The van der Waals surface area contributed by atoms with Crippen LogP contribution in [0.5, 0.6) is 5.75 Å². The van der Waals surface area contributed by atoms with Crippen LogP contribution in [-0.4, -0.2) is 34.3 Å². The number of aromatic nitrogens is 2. The minimum absolute atomic E-state index is 0.0725. The maximum absolute atomic E-state index is 10.1. The number of aromatic amines is 1. The lowest BCUT2D eigenvalue weighted by Gasteiger charge is -2.30. The van der Waals surface area contributed by atoms with Crippen molar-refractivity contribution in [1.82, 2.24) is 15.3 Å². The van der Waals surface area contributed by atoms with Crippen LogP contribution in [0.25, 0.3) is 10.9 Å². The normalized spacial score (nSPS) is 22.1. The molecule has 6 nitrogen and oxygen atoms in total. The minimum atomic E-state index is -0.436. The summed E-state index contributed by atoms with van der Waals surface area (Å²) in [5.74, 6) is 0.868. The fourth-order valence-corrected chi connectivity index (χ4v) is 4.69. The number of H-pyrrole nitrogens is 1. The Bertz CT molecular complexity index is 1200. The Labute approximate surface area is 188 Å². The molecule has 0 fully saturated rings. The molecule has 6 heteroatoms. The molecule has 3 aromatic rings. The van der Waals surface area contributed by atoms with Gasteiger partial charge in [0.2, 0.25) is 0 Å². The van der Waals surface area contributed by atoms with Crippen LogP contribution in [0.4, 0.5) is 5.69 Å². The molecule has 0 bridgehead atoms. The molecule has 2 heterocycles. The molecule has 0 amide bonds. The van der Waals surface area contributed by atoms with Crippen molar-refractivity contribution < 1.29 is 9.84 Å². The van der Waals surface area contributed by atoms with E-state index in [2.05, 4.69) is 58.0 Å². The molecule has 0 radical (unpaired) electrons. The van der Waals surface area contributed by atoms with Crippen molar-refractivity contribution in [1.29, 1.82) is 0 Å². The molecule has 1 aromatic carbocycles. The van der Waals surface area contributed by atoms with Gasteiger partial charge in [-0.3, -0.25) is 4.98 Å². The highest BCUT2D eigenvalue weighted by atomic mass is 16.5. The molecule has 2 unspecified atom stereocenters. The van der Waals surface area contributed by atoms with E-state index in [9.17, 15) is 5.11 Å². The quantitative estimate of drug-likeness (QED) is 0.447. The first kappa shape index (κ1) is 20.8. The zero-order valence-corrected chi connectivity index (χ0v) is 18.6. The molecule has 2 atom stereocenters. The summed E-state index contributed by atoms with van der Waals surface area (Å²) < 4.78 is 5.31. The highest BCUT2D eigenvalue weighted by molar-refractivity contribution is 5.84. The topological polar surface area (TPSA) is 82.2 Å². The maximum Gasteiger partial charge on any atom is 0.120 e.